The van der Waals surface area contributed by atoms with Gasteiger partial charge in [-0.25, -0.2) is 4.98 Å². The number of anilines is 1. The number of fused-ring (bicyclic) bond motifs is 2. The molecule has 2 aliphatic heterocycles. The van der Waals surface area contributed by atoms with E-state index in [0.29, 0.717) is 33.8 Å². The number of aliphatic hydroxyl groups excluding tert-OH is 1. The number of thiazole rings is 1. The fourth-order valence-electron chi connectivity index (χ4n) is 4.44. The molecule has 0 aliphatic carbocycles. The number of carbonyl (C=O) groups excluding carboxylic acids is 2. The zero-order valence-corrected chi connectivity index (χ0v) is 20.3. The van der Waals surface area contributed by atoms with Crippen LogP contribution in [0.25, 0.3) is 16.0 Å². The number of ketones is 1. The lowest BCUT2D eigenvalue weighted by molar-refractivity contribution is -0.132. The lowest BCUT2D eigenvalue weighted by atomic mass is 9.98. The molecule has 0 saturated carbocycles. The summed E-state index contributed by atoms with van der Waals surface area (Å²) in [6.07, 6.45) is 1.59. The maximum absolute atomic E-state index is 13.4. The van der Waals surface area contributed by atoms with Crippen LogP contribution in [0.1, 0.15) is 42.6 Å². The van der Waals surface area contributed by atoms with E-state index in [2.05, 4.69) is 29.9 Å². The maximum Gasteiger partial charge on any atom is 0.301 e. The number of hydrogen-bond donors (Lipinski definition) is 1. The summed E-state index contributed by atoms with van der Waals surface area (Å²) in [5.41, 5.74) is 2.62. The number of aliphatic hydroxyl groups is 1. The van der Waals surface area contributed by atoms with Gasteiger partial charge < -0.3 is 14.6 Å². The Hall–Kier alpha value is -4.24. The Morgan fingerprint density at radius 3 is 2.69 bits per heavy atom. The zero-order valence-electron chi connectivity index (χ0n) is 19.5. The van der Waals surface area contributed by atoms with Crippen molar-refractivity contribution >= 4 is 44.1 Å². The number of benzene rings is 2. The summed E-state index contributed by atoms with van der Waals surface area (Å²) in [5, 5.41) is 11.7. The van der Waals surface area contributed by atoms with E-state index in [1.807, 2.05) is 12.1 Å². The van der Waals surface area contributed by atoms with Crippen LogP contribution in [-0.2, 0) is 9.59 Å². The third kappa shape index (κ3) is 3.51. The Labute approximate surface area is 210 Å². The molecule has 8 nitrogen and oxygen atoms in total. The van der Waals surface area contributed by atoms with Crippen molar-refractivity contribution in [2.75, 3.05) is 11.7 Å². The van der Waals surface area contributed by atoms with Crippen molar-refractivity contribution in [2.45, 2.75) is 25.8 Å². The van der Waals surface area contributed by atoms with E-state index >= 15 is 0 Å². The van der Waals surface area contributed by atoms with Crippen molar-refractivity contribution in [3.8, 4) is 11.5 Å². The van der Waals surface area contributed by atoms with Gasteiger partial charge in [0.1, 0.15) is 11.8 Å². The second-order valence-electron chi connectivity index (χ2n) is 8.87. The van der Waals surface area contributed by atoms with Crippen LogP contribution in [0.5, 0.6) is 11.5 Å². The molecule has 1 saturated heterocycles. The standard InChI is InChI=1S/C27H21N3O5S/c1-14(2)15-6-8-17-21(12-15)36-27(29-17)30-23(18-5-3-4-10-28-18)22(25(32)26(30)33)24(31)16-7-9-19-20(11-16)35-13-34-19/h3-12,14,23,31H,13H2,1-2H3/b24-22+. The fraction of sp³-hybridized carbons (Fsp3) is 0.185. The average Bonchev–Trinajstić information content (AvgIpc) is 3.59. The maximum atomic E-state index is 13.4. The minimum Gasteiger partial charge on any atom is -0.507 e. The molecule has 1 atom stereocenters. The molecule has 9 heteroatoms. The van der Waals surface area contributed by atoms with Gasteiger partial charge in [-0.05, 0) is 53.9 Å². The minimum absolute atomic E-state index is 0.0558. The number of nitrogens with zero attached hydrogens (tertiary/aromatic N) is 3. The largest absolute Gasteiger partial charge is 0.507 e. The van der Waals surface area contributed by atoms with Gasteiger partial charge in [0.2, 0.25) is 6.79 Å². The topological polar surface area (TPSA) is 102 Å². The Morgan fingerprint density at radius 2 is 1.92 bits per heavy atom. The van der Waals surface area contributed by atoms with Crippen molar-refractivity contribution in [1.29, 1.82) is 0 Å². The number of ether oxygens (including phenoxy) is 2. The first-order valence-corrected chi connectivity index (χ1v) is 12.3. The second-order valence-corrected chi connectivity index (χ2v) is 9.88. The van der Waals surface area contributed by atoms with E-state index in [4.69, 9.17) is 9.47 Å². The van der Waals surface area contributed by atoms with Gasteiger partial charge in [0.15, 0.2) is 16.6 Å². The number of carbonyl (C=O) groups is 2. The highest BCUT2D eigenvalue weighted by atomic mass is 32.1. The highest BCUT2D eigenvalue weighted by molar-refractivity contribution is 7.22. The first-order valence-electron chi connectivity index (χ1n) is 11.4. The van der Waals surface area contributed by atoms with Gasteiger partial charge in [-0.15, -0.1) is 0 Å². The highest BCUT2D eigenvalue weighted by Crippen LogP contribution is 2.45. The third-order valence-corrected chi connectivity index (χ3v) is 7.35. The summed E-state index contributed by atoms with van der Waals surface area (Å²) in [4.78, 5) is 37.2. The summed E-state index contributed by atoms with van der Waals surface area (Å²) in [6, 6.07) is 15.2. The molecular formula is C27H21N3O5S. The number of hydrogen-bond acceptors (Lipinski definition) is 8. The zero-order chi connectivity index (χ0) is 25.0. The van der Waals surface area contributed by atoms with Gasteiger partial charge in [-0.1, -0.05) is 37.3 Å². The van der Waals surface area contributed by atoms with Gasteiger partial charge in [0.05, 0.1) is 21.5 Å². The van der Waals surface area contributed by atoms with Crippen molar-refractivity contribution in [2.24, 2.45) is 0 Å². The molecular weight excluding hydrogens is 478 g/mol. The van der Waals surface area contributed by atoms with Crippen LogP contribution in [-0.4, -0.2) is 33.6 Å². The summed E-state index contributed by atoms with van der Waals surface area (Å²) in [6.45, 7) is 4.30. The van der Waals surface area contributed by atoms with Crippen LogP contribution < -0.4 is 14.4 Å². The van der Waals surface area contributed by atoms with Crippen molar-refractivity contribution in [1.82, 2.24) is 9.97 Å². The molecule has 0 bridgehead atoms. The van der Waals surface area contributed by atoms with E-state index in [1.165, 1.54) is 16.2 Å². The Kier molecular flexibility index (Phi) is 5.22. The van der Waals surface area contributed by atoms with Gasteiger partial charge in [0, 0.05) is 11.8 Å². The average molecular weight is 500 g/mol. The fourth-order valence-corrected chi connectivity index (χ4v) is 5.48. The monoisotopic (exact) mass is 499 g/mol. The normalized spacial score (nSPS) is 18.5. The molecule has 1 N–H and O–H groups in total. The molecule has 2 aliphatic rings. The van der Waals surface area contributed by atoms with Gasteiger partial charge in [0.25, 0.3) is 5.78 Å². The Morgan fingerprint density at radius 1 is 1.08 bits per heavy atom. The van der Waals surface area contributed by atoms with Crippen LogP contribution in [0.2, 0.25) is 0 Å². The molecule has 1 amide bonds. The number of aromatic nitrogens is 2. The smallest absolute Gasteiger partial charge is 0.301 e. The molecule has 36 heavy (non-hydrogen) atoms. The van der Waals surface area contributed by atoms with Crippen LogP contribution in [0.3, 0.4) is 0 Å². The molecule has 0 spiro atoms. The van der Waals surface area contributed by atoms with Gasteiger partial charge in [-0.2, -0.15) is 0 Å². The minimum atomic E-state index is -0.943. The predicted molar refractivity (Wildman–Crippen MR) is 135 cm³/mol. The summed E-state index contributed by atoms with van der Waals surface area (Å²) < 4.78 is 11.7. The number of amides is 1. The van der Waals surface area contributed by atoms with Crippen molar-refractivity contribution in [3.05, 3.63) is 83.2 Å². The van der Waals surface area contributed by atoms with Crippen LogP contribution in [0, 0.1) is 0 Å². The SMILES string of the molecule is CC(C)c1ccc2nc(N3C(=O)C(=O)/C(=C(/O)c4ccc5c(c4)OCO5)C3c3ccccn3)sc2c1. The van der Waals surface area contributed by atoms with Gasteiger partial charge >= 0.3 is 5.91 Å². The summed E-state index contributed by atoms with van der Waals surface area (Å²) in [7, 11) is 0. The van der Waals surface area contributed by atoms with Crippen molar-refractivity contribution in [3.63, 3.8) is 0 Å². The Bertz CT molecular complexity index is 1560. The first kappa shape index (κ1) is 22.2. The number of Topliss-reactive ketones (excluding diaryl/α,β-unsaturated/α-hetero) is 1. The molecule has 180 valence electrons. The molecule has 2 aromatic heterocycles. The Balaban J connectivity index is 1.52. The molecule has 4 heterocycles. The summed E-state index contributed by atoms with van der Waals surface area (Å²) in [5.74, 6) is -0.547. The molecule has 4 aromatic rings. The third-order valence-electron chi connectivity index (χ3n) is 6.33. The molecule has 1 unspecified atom stereocenters. The molecule has 2 aromatic carbocycles. The lowest BCUT2D eigenvalue weighted by Gasteiger charge is -2.21. The second kappa shape index (κ2) is 8.46. The van der Waals surface area contributed by atoms with Gasteiger partial charge in [-0.3, -0.25) is 19.5 Å². The van der Waals surface area contributed by atoms with Crippen molar-refractivity contribution < 1.29 is 24.2 Å². The predicted octanol–water partition coefficient (Wildman–Crippen LogP) is 5.17. The summed E-state index contributed by atoms with van der Waals surface area (Å²) >= 11 is 1.33. The van der Waals surface area contributed by atoms with E-state index in [9.17, 15) is 14.7 Å². The van der Waals surface area contributed by atoms with E-state index < -0.39 is 17.7 Å². The first-order chi connectivity index (χ1) is 17.4. The van der Waals surface area contributed by atoms with E-state index in [0.717, 1.165) is 15.8 Å². The lowest BCUT2D eigenvalue weighted by Crippen LogP contribution is -2.29. The molecule has 1 fully saturated rings. The molecule has 6 rings (SSSR count). The number of pyridine rings is 1. The van der Waals surface area contributed by atoms with Crippen LogP contribution >= 0.6 is 11.3 Å². The highest BCUT2D eigenvalue weighted by Gasteiger charge is 2.49. The van der Waals surface area contributed by atoms with E-state index in [1.54, 1.807) is 42.6 Å². The number of rotatable bonds is 4. The van der Waals surface area contributed by atoms with Crippen LogP contribution in [0.15, 0.2) is 66.4 Å². The van der Waals surface area contributed by atoms with Crippen LogP contribution in [0.4, 0.5) is 5.13 Å². The molecule has 0 radical (unpaired) electrons. The quantitative estimate of drug-likeness (QED) is 0.235. The van der Waals surface area contributed by atoms with E-state index in [-0.39, 0.29) is 18.1 Å².